The van der Waals surface area contributed by atoms with E-state index >= 15 is 0 Å². The van der Waals surface area contributed by atoms with Gasteiger partial charge in [-0.15, -0.1) is 0 Å². The predicted octanol–water partition coefficient (Wildman–Crippen LogP) is 2.22. The molecule has 1 aromatic rings. The lowest BCUT2D eigenvalue weighted by Crippen LogP contribution is -2.31. The molecule has 1 aliphatic heterocycles. The van der Waals surface area contributed by atoms with Crippen molar-refractivity contribution in [2.75, 3.05) is 33.2 Å². The average Bonchev–Trinajstić information content (AvgIpc) is 2.88. The van der Waals surface area contributed by atoms with Crippen LogP contribution in [-0.4, -0.2) is 43.0 Å². The molecular formula is C15H20FN3. The van der Waals surface area contributed by atoms with Crippen LogP contribution in [0.3, 0.4) is 0 Å². The van der Waals surface area contributed by atoms with Gasteiger partial charge in [0, 0.05) is 19.6 Å². The quantitative estimate of drug-likeness (QED) is 0.814. The summed E-state index contributed by atoms with van der Waals surface area (Å²) in [5, 5.41) is 8.83. The number of halogens is 1. The van der Waals surface area contributed by atoms with Gasteiger partial charge in [-0.2, -0.15) is 5.26 Å². The van der Waals surface area contributed by atoms with Crippen molar-refractivity contribution in [3.05, 3.63) is 35.1 Å². The molecule has 102 valence electrons. The third kappa shape index (κ3) is 4.30. The molecule has 0 amide bonds. The summed E-state index contributed by atoms with van der Waals surface area (Å²) in [7, 11) is 2.03. The van der Waals surface area contributed by atoms with Gasteiger partial charge in [0.2, 0.25) is 0 Å². The van der Waals surface area contributed by atoms with Crippen molar-refractivity contribution < 1.29 is 4.39 Å². The van der Waals surface area contributed by atoms with Gasteiger partial charge in [0.15, 0.2) is 0 Å². The lowest BCUT2D eigenvalue weighted by Gasteiger charge is -2.21. The van der Waals surface area contributed by atoms with Crippen molar-refractivity contribution in [3.8, 4) is 6.07 Å². The maximum absolute atomic E-state index is 13.3. The topological polar surface area (TPSA) is 30.3 Å². The Labute approximate surface area is 114 Å². The Morgan fingerprint density at radius 1 is 1.32 bits per heavy atom. The SMILES string of the molecule is CN(CCN1CCCC1)Cc1cc(F)cc(C#N)c1. The van der Waals surface area contributed by atoms with Crippen molar-refractivity contribution >= 4 is 0 Å². The van der Waals surface area contributed by atoms with E-state index in [1.807, 2.05) is 13.1 Å². The molecule has 0 spiro atoms. The molecule has 0 bridgehead atoms. The van der Waals surface area contributed by atoms with Gasteiger partial charge in [0.25, 0.3) is 0 Å². The Bertz CT molecular complexity index is 461. The lowest BCUT2D eigenvalue weighted by atomic mass is 10.1. The largest absolute Gasteiger partial charge is 0.302 e. The van der Waals surface area contributed by atoms with Gasteiger partial charge >= 0.3 is 0 Å². The third-order valence-electron chi connectivity index (χ3n) is 3.54. The number of rotatable bonds is 5. The molecule has 0 aromatic heterocycles. The number of nitrogens with zero attached hydrogens (tertiary/aromatic N) is 3. The highest BCUT2D eigenvalue weighted by molar-refractivity contribution is 5.33. The molecule has 4 heteroatoms. The summed E-state index contributed by atoms with van der Waals surface area (Å²) in [6.07, 6.45) is 2.61. The zero-order chi connectivity index (χ0) is 13.7. The van der Waals surface area contributed by atoms with E-state index in [-0.39, 0.29) is 5.82 Å². The highest BCUT2D eigenvalue weighted by atomic mass is 19.1. The minimum absolute atomic E-state index is 0.331. The van der Waals surface area contributed by atoms with Crippen LogP contribution in [0.15, 0.2) is 18.2 Å². The molecule has 19 heavy (non-hydrogen) atoms. The second kappa shape index (κ2) is 6.65. The van der Waals surface area contributed by atoms with Gasteiger partial charge < -0.3 is 9.80 Å². The summed E-state index contributed by atoms with van der Waals surface area (Å²) in [6, 6.07) is 6.53. The van der Waals surface area contributed by atoms with Gasteiger partial charge in [-0.3, -0.25) is 0 Å². The van der Waals surface area contributed by atoms with Crippen LogP contribution in [0.1, 0.15) is 24.0 Å². The van der Waals surface area contributed by atoms with Crippen molar-refractivity contribution in [1.29, 1.82) is 5.26 Å². The second-order valence-electron chi connectivity index (χ2n) is 5.25. The summed E-state index contributed by atoms with van der Waals surface area (Å²) in [4.78, 5) is 4.64. The Morgan fingerprint density at radius 2 is 2.05 bits per heavy atom. The van der Waals surface area contributed by atoms with Crippen LogP contribution >= 0.6 is 0 Å². The molecule has 0 atom stereocenters. The van der Waals surface area contributed by atoms with E-state index in [4.69, 9.17) is 5.26 Å². The number of hydrogen-bond donors (Lipinski definition) is 0. The normalized spacial score (nSPS) is 15.9. The Balaban J connectivity index is 1.85. The van der Waals surface area contributed by atoms with Crippen molar-refractivity contribution in [2.24, 2.45) is 0 Å². The summed E-state index contributed by atoms with van der Waals surface area (Å²) in [6.45, 7) is 5.12. The highest BCUT2D eigenvalue weighted by Crippen LogP contribution is 2.11. The molecule has 1 saturated heterocycles. The van der Waals surface area contributed by atoms with Crippen LogP contribution in [0.5, 0.6) is 0 Å². The fraction of sp³-hybridized carbons (Fsp3) is 0.533. The zero-order valence-electron chi connectivity index (χ0n) is 11.4. The van der Waals surface area contributed by atoms with E-state index in [0.717, 1.165) is 18.7 Å². The average molecular weight is 261 g/mol. The van der Waals surface area contributed by atoms with Crippen LogP contribution in [0.25, 0.3) is 0 Å². The molecular weight excluding hydrogens is 241 g/mol. The lowest BCUT2D eigenvalue weighted by molar-refractivity contribution is 0.252. The fourth-order valence-corrected chi connectivity index (χ4v) is 2.52. The maximum atomic E-state index is 13.3. The maximum Gasteiger partial charge on any atom is 0.124 e. The number of nitriles is 1. The Hall–Kier alpha value is -1.44. The summed E-state index contributed by atoms with van der Waals surface area (Å²) >= 11 is 0. The van der Waals surface area contributed by atoms with Gasteiger partial charge in [0.1, 0.15) is 5.82 Å². The van der Waals surface area contributed by atoms with E-state index in [9.17, 15) is 4.39 Å². The van der Waals surface area contributed by atoms with Crippen LogP contribution < -0.4 is 0 Å². The Morgan fingerprint density at radius 3 is 2.74 bits per heavy atom. The fourth-order valence-electron chi connectivity index (χ4n) is 2.52. The first kappa shape index (κ1) is 14.0. The zero-order valence-corrected chi connectivity index (χ0v) is 11.4. The molecule has 2 rings (SSSR count). The molecule has 1 aliphatic rings. The Kier molecular flexibility index (Phi) is 4.89. The van der Waals surface area contributed by atoms with Gasteiger partial charge in [-0.05, 0) is 56.7 Å². The molecule has 0 saturated carbocycles. The number of hydrogen-bond acceptors (Lipinski definition) is 3. The molecule has 1 aromatic carbocycles. The van der Waals surface area contributed by atoms with Gasteiger partial charge in [-0.1, -0.05) is 0 Å². The van der Waals surface area contributed by atoms with Crippen LogP contribution in [0, 0.1) is 17.1 Å². The van der Waals surface area contributed by atoms with E-state index in [1.165, 1.54) is 38.1 Å². The monoisotopic (exact) mass is 261 g/mol. The molecule has 3 nitrogen and oxygen atoms in total. The second-order valence-corrected chi connectivity index (χ2v) is 5.25. The third-order valence-corrected chi connectivity index (χ3v) is 3.54. The van der Waals surface area contributed by atoms with Gasteiger partial charge in [-0.25, -0.2) is 4.39 Å². The first-order chi connectivity index (χ1) is 9.17. The smallest absolute Gasteiger partial charge is 0.124 e. The molecule has 0 aliphatic carbocycles. The minimum Gasteiger partial charge on any atom is -0.302 e. The van der Waals surface area contributed by atoms with E-state index in [2.05, 4.69) is 9.80 Å². The molecule has 1 fully saturated rings. The predicted molar refractivity (Wildman–Crippen MR) is 73.1 cm³/mol. The van der Waals surface area contributed by atoms with E-state index < -0.39 is 0 Å². The highest BCUT2D eigenvalue weighted by Gasteiger charge is 2.12. The van der Waals surface area contributed by atoms with E-state index in [1.54, 1.807) is 6.07 Å². The molecule has 0 N–H and O–H groups in total. The van der Waals surface area contributed by atoms with Crippen LogP contribution in [0.2, 0.25) is 0 Å². The van der Waals surface area contributed by atoms with Crippen molar-refractivity contribution in [3.63, 3.8) is 0 Å². The van der Waals surface area contributed by atoms with Crippen molar-refractivity contribution in [2.45, 2.75) is 19.4 Å². The molecule has 0 unspecified atom stereocenters. The number of likely N-dealkylation sites (N-methyl/N-ethyl adjacent to an activating group) is 1. The van der Waals surface area contributed by atoms with Gasteiger partial charge in [0.05, 0.1) is 11.6 Å². The molecule has 1 heterocycles. The standard InChI is InChI=1S/C15H20FN3/c1-18(6-7-19-4-2-3-5-19)12-14-8-13(11-17)9-15(16)10-14/h8-10H,2-7,12H2,1H3. The minimum atomic E-state index is -0.331. The van der Waals surface area contributed by atoms with Crippen LogP contribution in [-0.2, 0) is 6.54 Å². The number of benzene rings is 1. The van der Waals surface area contributed by atoms with Crippen LogP contribution in [0.4, 0.5) is 4.39 Å². The molecule has 0 radical (unpaired) electrons. The van der Waals surface area contributed by atoms with E-state index in [0.29, 0.717) is 12.1 Å². The first-order valence-electron chi connectivity index (χ1n) is 6.78. The summed E-state index contributed by atoms with van der Waals surface area (Å²) in [5.74, 6) is -0.331. The first-order valence-corrected chi connectivity index (χ1v) is 6.78. The summed E-state index contributed by atoms with van der Waals surface area (Å²) in [5.41, 5.74) is 1.25. The van der Waals surface area contributed by atoms with Crippen molar-refractivity contribution in [1.82, 2.24) is 9.80 Å². The number of likely N-dealkylation sites (tertiary alicyclic amines) is 1. The summed E-state index contributed by atoms with van der Waals surface area (Å²) < 4.78 is 13.3.